The van der Waals surface area contributed by atoms with Gasteiger partial charge >= 0.3 is 6.03 Å². The van der Waals surface area contributed by atoms with E-state index in [9.17, 15) is 4.79 Å². The van der Waals surface area contributed by atoms with Crippen LogP contribution in [0, 0.1) is 0 Å². The number of halogens is 1. The van der Waals surface area contributed by atoms with Crippen LogP contribution in [0.4, 0.5) is 16.2 Å². The zero-order chi connectivity index (χ0) is 21.2. The van der Waals surface area contributed by atoms with E-state index < -0.39 is 0 Å². The van der Waals surface area contributed by atoms with E-state index >= 15 is 0 Å². The van der Waals surface area contributed by atoms with E-state index in [0.29, 0.717) is 28.3 Å². The average molecular weight is 439 g/mol. The number of aromatic nitrogens is 1. The molecule has 160 valence electrons. The number of benzene rings is 2. The Balaban J connectivity index is 1.13. The molecule has 1 saturated carbocycles. The molecule has 1 aliphatic heterocycles. The van der Waals surface area contributed by atoms with Crippen molar-refractivity contribution in [3.63, 3.8) is 0 Å². The number of amides is 2. The van der Waals surface area contributed by atoms with Crippen molar-refractivity contribution in [1.82, 2.24) is 10.3 Å². The third-order valence-electron chi connectivity index (χ3n) is 5.76. The number of hydrogen-bond acceptors (Lipinski definition) is 5. The lowest BCUT2D eigenvalue weighted by Gasteiger charge is -2.30. The minimum absolute atomic E-state index is 0.153. The molecule has 31 heavy (non-hydrogen) atoms. The van der Waals surface area contributed by atoms with Crippen LogP contribution in [0.5, 0.6) is 11.5 Å². The van der Waals surface area contributed by atoms with Crippen molar-refractivity contribution in [2.75, 3.05) is 17.4 Å². The van der Waals surface area contributed by atoms with Gasteiger partial charge < -0.3 is 25.4 Å². The van der Waals surface area contributed by atoms with Gasteiger partial charge in [-0.25, -0.2) is 4.79 Å². The van der Waals surface area contributed by atoms with Crippen LogP contribution in [0.15, 0.2) is 48.7 Å². The molecule has 7 nitrogen and oxygen atoms in total. The molecule has 2 aliphatic rings. The molecule has 1 aliphatic carbocycles. The third-order valence-corrected chi connectivity index (χ3v) is 5.99. The molecule has 0 radical (unpaired) electrons. The number of pyridine rings is 1. The molecule has 0 saturated heterocycles. The Bertz CT molecular complexity index is 1120. The molecule has 2 heterocycles. The number of urea groups is 1. The molecular weight excluding hydrogens is 416 g/mol. The first kappa shape index (κ1) is 19.8. The molecule has 3 N–H and O–H groups in total. The number of carbonyl (C=O) groups is 1. The molecular formula is C23H23ClN4O3. The summed E-state index contributed by atoms with van der Waals surface area (Å²) in [4.78, 5) is 16.8. The lowest BCUT2D eigenvalue weighted by atomic mass is 9.91. The number of fused-ring (bicyclic) bond motifs is 2. The van der Waals surface area contributed by atoms with Crippen molar-refractivity contribution in [1.29, 1.82) is 0 Å². The lowest BCUT2D eigenvalue weighted by molar-refractivity contribution is 0.174. The van der Waals surface area contributed by atoms with Gasteiger partial charge in [0.25, 0.3) is 0 Å². The van der Waals surface area contributed by atoms with E-state index in [0.717, 1.165) is 42.3 Å². The number of nitrogens with one attached hydrogen (secondary N) is 3. The van der Waals surface area contributed by atoms with Gasteiger partial charge in [0.05, 0.1) is 5.52 Å². The van der Waals surface area contributed by atoms with E-state index in [4.69, 9.17) is 21.1 Å². The second kappa shape index (κ2) is 8.51. The Morgan fingerprint density at radius 1 is 0.968 bits per heavy atom. The first-order chi connectivity index (χ1) is 15.1. The highest BCUT2D eigenvalue weighted by molar-refractivity contribution is 6.31. The monoisotopic (exact) mass is 438 g/mol. The number of hydrogen-bond donors (Lipinski definition) is 3. The zero-order valence-corrected chi connectivity index (χ0v) is 17.6. The molecule has 3 aromatic rings. The largest absolute Gasteiger partial charge is 0.454 e. The molecule has 1 fully saturated rings. The highest BCUT2D eigenvalue weighted by atomic mass is 35.5. The van der Waals surface area contributed by atoms with E-state index in [2.05, 4.69) is 20.9 Å². The van der Waals surface area contributed by atoms with Crippen molar-refractivity contribution in [3.8, 4) is 11.5 Å². The second-order valence-corrected chi connectivity index (χ2v) is 8.32. The van der Waals surface area contributed by atoms with Gasteiger partial charge in [0.1, 0.15) is 0 Å². The predicted molar refractivity (Wildman–Crippen MR) is 121 cm³/mol. The number of ether oxygens (including phenoxy) is 2. The lowest BCUT2D eigenvalue weighted by Crippen LogP contribution is -2.42. The van der Waals surface area contributed by atoms with Crippen LogP contribution < -0.4 is 25.4 Å². The number of rotatable bonds is 4. The van der Waals surface area contributed by atoms with Crippen molar-refractivity contribution in [2.45, 2.75) is 37.8 Å². The second-order valence-electron chi connectivity index (χ2n) is 7.88. The number of nitrogens with zero attached hydrogens (tertiary/aromatic N) is 1. The molecule has 0 bridgehead atoms. The normalized spacial score (nSPS) is 19.8. The summed E-state index contributed by atoms with van der Waals surface area (Å²) in [5.74, 6) is 1.34. The summed E-state index contributed by atoms with van der Waals surface area (Å²) in [6.45, 7) is 0.214. The fourth-order valence-electron chi connectivity index (χ4n) is 4.18. The molecule has 8 heteroatoms. The summed E-state index contributed by atoms with van der Waals surface area (Å²) in [5, 5.41) is 11.3. The molecule has 1 aromatic heterocycles. The summed E-state index contributed by atoms with van der Waals surface area (Å²) in [6, 6.07) is 13.4. The van der Waals surface area contributed by atoms with Crippen LogP contribution in [-0.2, 0) is 0 Å². The van der Waals surface area contributed by atoms with E-state index in [-0.39, 0.29) is 18.9 Å². The Morgan fingerprint density at radius 3 is 2.65 bits per heavy atom. The van der Waals surface area contributed by atoms with E-state index in [1.807, 2.05) is 24.3 Å². The van der Waals surface area contributed by atoms with Crippen LogP contribution in [0.25, 0.3) is 10.9 Å². The highest BCUT2D eigenvalue weighted by Gasteiger charge is 2.23. The van der Waals surface area contributed by atoms with Gasteiger partial charge in [-0.05, 0) is 62.1 Å². The Hall–Kier alpha value is -3.19. The maximum absolute atomic E-state index is 12.4. The van der Waals surface area contributed by atoms with Crippen LogP contribution in [0.1, 0.15) is 25.7 Å². The van der Waals surface area contributed by atoms with Crippen molar-refractivity contribution < 1.29 is 14.3 Å². The fourth-order valence-corrected chi connectivity index (χ4v) is 4.34. The van der Waals surface area contributed by atoms with Gasteiger partial charge in [0, 0.05) is 46.1 Å². The van der Waals surface area contributed by atoms with Gasteiger partial charge in [-0.1, -0.05) is 11.6 Å². The molecule has 0 spiro atoms. The predicted octanol–water partition coefficient (Wildman–Crippen LogP) is 5.16. The SMILES string of the molecule is O=C(Nc1ccc2c(c1)OCO2)NC1CCC(Nc2ccnc3cc(Cl)ccc23)CC1. The Morgan fingerprint density at radius 2 is 1.77 bits per heavy atom. The quantitative estimate of drug-likeness (QED) is 0.523. The van der Waals surface area contributed by atoms with Crippen molar-refractivity contribution in [3.05, 3.63) is 53.7 Å². The maximum atomic E-state index is 12.4. The van der Waals surface area contributed by atoms with E-state index in [1.54, 1.807) is 24.4 Å². The maximum Gasteiger partial charge on any atom is 0.319 e. The summed E-state index contributed by atoms with van der Waals surface area (Å²) in [7, 11) is 0. The van der Waals surface area contributed by atoms with Crippen molar-refractivity contribution in [2.24, 2.45) is 0 Å². The Labute approximate surface area is 185 Å². The molecule has 2 aromatic carbocycles. The minimum Gasteiger partial charge on any atom is -0.454 e. The Kier molecular flexibility index (Phi) is 5.42. The van der Waals surface area contributed by atoms with Crippen LogP contribution in [-0.4, -0.2) is 29.9 Å². The zero-order valence-electron chi connectivity index (χ0n) is 16.9. The summed E-state index contributed by atoms with van der Waals surface area (Å²) in [6.07, 6.45) is 5.59. The topological polar surface area (TPSA) is 84.5 Å². The third kappa shape index (κ3) is 4.46. The van der Waals surface area contributed by atoms with Crippen LogP contribution in [0.3, 0.4) is 0 Å². The molecule has 2 amide bonds. The minimum atomic E-state index is -0.202. The fraction of sp³-hybridized carbons (Fsp3) is 0.304. The standard InChI is InChI=1S/C23H23ClN4O3/c24-14-1-7-18-19(9-10-25-20(18)11-14)26-15-2-4-16(5-3-15)27-23(29)28-17-6-8-21-22(12-17)31-13-30-21/h1,6-12,15-16H,2-5,13H2,(H,25,26)(H2,27,28,29). The molecule has 0 unspecified atom stereocenters. The van der Waals surface area contributed by atoms with Gasteiger partial charge in [-0.3, -0.25) is 4.98 Å². The summed E-state index contributed by atoms with van der Waals surface area (Å²) >= 11 is 6.08. The van der Waals surface area contributed by atoms with Gasteiger partial charge in [0.2, 0.25) is 6.79 Å². The van der Waals surface area contributed by atoms with E-state index in [1.165, 1.54) is 0 Å². The smallest absolute Gasteiger partial charge is 0.319 e. The van der Waals surface area contributed by atoms with Gasteiger partial charge in [0.15, 0.2) is 11.5 Å². The molecule has 0 atom stereocenters. The van der Waals surface area contributed by atoms with Gasteiger partial charge in [-0.2, -0.15) is 0 Å². The van der Waals surface area contributed by atoms with Crippen LogP contribution in [0.2, 0.25) is 5.02 Å². The first-order valence-electron chi connectivity index (χ1n) is 10.4. The van der Waals surface area contributed by atoms with Crippen molar-refractivity contribution >= 4 is 39.9 Å². The molecule has 5 rings (SSSR count). The first-order valence-corrected chi connectivity index (χ1v) is 10.8. The van der Waals surface area contributed by atoms with Gasteiger partial charge in [-0.15, -0.1) is 0 Å². The summed E-state index contributed by atoms with van der Waals surface area (Å²) in [5.41, 5.74) is 2.63. The van der Waals surface area contributed by atoms with Crippen LogP contribution >= 0.6 is 11.6 Å². The average Bonchev–Trinajstić information content (AvgIpc) is 3.23. The number of anilines is 2. The highest BCUT2D eigenvalue weighted by Crippen LogP contribution is 2.34. The summed E-state index contributed by atoms with van der Waals surface area (Å²) < 4.78 is 10.6. The number of carbonyl (C=O) groups excluding carboxylic acids is 1.